The number of benzene rings is 2. The minimum Gasteiger partial charge on any atom is -0.307 e. The molecule has 0 bridgehead atoms. The summed E-state index contributed by atoms with van der Waals surface area (Å²) in [5.41, 5.74) is 6.44. The highest BCUT2D eigenvalue weighted by Crippen LogP contribution is 2.27. The van der Waals surface area contributed by atoms with Crippen molar-refractivity contribution >= 4 is 22.6 Å². The molecule has 28 heavy (non-hydrogen) atoms. The van der Waals surface area contributed by atoms with Crippen LogP contribution < -0.4 is 5.32 Å². The lowest BCUT2D eigenvalue weighted by atomic mass is 10.0. The molecule has 0 aliphatic carbocycles. The number of anilines is 1. The van der Waals surface area contributed by atoms with Crippen molar-refractivity contribution in [2.45, 2.75) is 20.8 Å². The van der Waals surface area contributed by atoms with Crippen LogP contribution in [-0.2, 0) is 0 Å². The van der Waals surface area contributed by atoms with E-state index in [0.717, 1.165) is 27.9 Å². The highest BCUT2D eigenvalue weighted by atomic mass is 16.1. The maximum Gasteiger partial charge on any atom is 0.257 e. The molecule has 2 aromatic heterocycles. The van der Waals surface area contributed by atoms with Crippen LogP contribution in [0.3, 0.4) is 0 Å². The van der Waals surface area contributed by atoms with E-state index >= 15 is 0 Å². The molecule has 0 saturated carbocycles. The normalized spacial score (nSPS) is 10.8. The maximum atomic E-state index is 13.1. The Bertz CT molecular complexity index is 1200. The summed E-state index contributed by atoms with van der Waals surface area (Å²) in [5.74, 6) is 0.348. The lowest BCUT2D eigenvalue weighted by Crippen LogP contribution is -2.14. The van der Waals surface area contributed by atoms with Gasteiger partial charge >= 0.3 is 0 Å². The number of fused-ring (bicyclic) bond motifs is 1. The van der Waals surface area contributed by atoms with Gasteiger partial charge in [-0.25, -0.2) is 9.97 Å². The number of pyridine rings is 2. The standard InChI is InChI=1S/C24H21N3O/c1-15-11-12-18(13-16(15)2)22-14-20(19-8-4-5-9-21(19)26-22)24(28)27-23-10-6-7-17(3)25-23/h4-14H,1-3H3,(H,25,27,28). The lowest BCUT2D eigenvalue weighted by molar-refractivity contribution is 0.102. The summed E-state index contributed by atoms with van der Waals surface area (Å²) in [6.45, 7) is 6.06. The number of nitrogens with one attached hydrogen (secondary N) is 1. The predicted octanol–water partition coefficient (Wildman–Crippen LogP) is 5.47. The van der Waals surface area contributed by atoms with Crippen LogP contribution in [0.25, 0.3) is 22.2 Å². The topological polar surface area (TPSA) is 54.9 Å². The number of hydrogen-bond acceptors (Lipinski definition) is 3. The third kappa shape index (κ3) is 3.49. The number of amides is 1. The average Bonchev–Trinajstić information content (AvgIpc) is 2.69. The van der Waals surface area contributed by atoms with E-state index in [1.165, 1.54) is 11.1 Å². The Morgan fingerprint density at radius 1 is 0.821 bits per heavy atom. The molecule has 4 rings (SSSR count). The van der Waals surface area contributed by atoms with E-state index in [9.17, 15) is 4.79 Å². The lowest BCUT2D eigenvalue weighted by Gasteiger charge is -2.11. The number of rotatable bonds is 3. The molecule has 4 heteroatoms. The van der Waals surface area contributed by atoms with Gasteiger partial charge < -0.3 is 5.32 Å². The highest BCUT2D eigenvalue weighted by Gasteiger charge is 2.15. The Morgan fingerprint density at radius 2 is 1.64 bits per heavy atom. The van der Waals surface area contributed by atoms with Gasteiger partial charge in [0.1, 0.15) is 5.82 Å². The first-order valence-electron chi connectivity index (χ1n) is 9.24. The maximum absolute atomic E-state index is 13.1. The molecule has 0 spiro atoms. The molecular weight excluding hydrogens is 346 g/mol. The van der Waals surface area contributed by atoms with E-state index in [1.807, 2.05) is 55.5 Å². The van der Waals surface area contributed by atoms with Crippen molar-refractivity contribution < 1.29 is 4.79 Å². The van der Waals surface area contributed by atoms with Crippen LogP contribution in [0.4, 0.5) is 5.82 Å². The van der Waals surface area contributed by atoms with Gasteiger partial charge in [-0.05, 0) is 62.2 Å². The van der Waals surface area contributed by atoms with Gasteiger partial charge in [-0.3, -0.25) is 4.79 Å². The van der Waals surface area contributed by atoms with Gasteiger partial charge in [0.2, 0.25) is 0 Å². The molecule has 2 heterocycles. The molecule has 4 nitrogen and oxygen atoms in total. The number of carbonyl (C=O) groups excluding carboxylic acids is 1. The minimum atomic E-state index is -0.193. The zero-order chi connectivity index (χ0) is 19.7. The molecule has 138 valence electrons. The summed E-state index contributed by atoms with van der Waals surface area (Å²) in [4.78, 5) is 22.2. The predicted molar refractivity (Wildman–Crippen MR) is 114 cm³/mol. The molecule has 0 unspecified atom stereocenters. The van der Waals surface area contributed by atoms with Gasteiger partial charge in [0.25, 0.3) is 5.91 Å². The summed E-state index contributed by atoms with van der Waals surface area (Å²) in [6.07, 6.45) is 0. The molecule has 2 aromatic carbocycles. The molecule has 0 aliphatic rings. The third-order valence-corrected chi connectivity index (χ3v) is 4.89. The fourth-order valence-electron chi connectivity index (χ4n) is 3.21. The van der Waals surface area contributed by atoms with Crippen molar-refractivity contribution in [3.63, 3.8) is 0 Å². The van der Waals surface area contributed by atoms with Crippen molar-refractivity contribution in [3.05, 3.63) is 89.1 Å². The number of carbonyl (C=O) groups is 1. The molecule has 4 aromatic rings. The van der Waals surface area contributed by atoms with Crippen LogP contribution in [0.1, 0.15) is 27.2 Å². The third-order valence-electron chi connectivity index (χ3n) is 4.89. The number of para-hydroxylation sites is 1. The zero-order valence-electron chi connectivity index (χ0n) is 16.2. The number of nitrogens with zero attached hydrogens (tertiary/aromatic N) is 2. The second-order valence-corrected chi connectivity index (χ2v) is 6.99. The van der Waals surface area contributed by atoms with Crippen molar-refractivity contribution in [3.8, 4) is 11.3 Å². The molecule has 1 amide bonds. The first kappa shape index (κ1) is 17.9. The van der Waals surface area contributed by atoms with Gasteiger partial charge in [-0.15, -0.1) is 0 Å². The summed E-state index contributed by atoms with van der Waals surface area (Å²) in [6, 6.07) is 21.4. The molecule has 0 saturated heterocycles. The fourth-order valence-corrected chi connectivity index (χ4v) is 3.21. The number of aryl methyl sites for hydroxylation is 3. The first-order chi connectivity index (χ1) is 13.5. The summed E-state index contributed by atoms with van der Waals surface area (Å²) >= 11 is 0. The highest BCUT2D eigenvalue weighted by molar-refractivity contribution is 6.12. The van der Waals surface area contributed by atoms with Gasteiger partial charge in [0, 0.05) is 16.6 Å². The van der Waals surface area contributed by atoms with Crippen LogP contribution in [0.2, 0.25) is 0 Å². The van der Waals surface area contributed by atoms with Crippen molar-refractivity contribution in [2.75, 3.05) is 5.32 Å². The second kappa shape index (κ2) is 7.24. The van der Waals surface area contributed by atoms with Gasteiger partial charge in [-0.2, -0.15) is 0 Å². The largest absolute Gasteiger partial charge is 0.307 e. The Morgan fingerprint density at radius 3 is 2.43 bits per heavy atom. The zero-order valence-corrected chi connectivity index (χ0v) is 16.2. The summed E-state index contributed by atoms with van der Waals surface area (Å²) in [7, 11) is 0. The molecule has 0 radical (unpaired) electrons. The summed E-state index contributed by atoms with van der Waals surface area (Å²) < 4.78 is 0. The second-order valence-electron chi connectivity index (χ2n) is 6.99. The van der Waals surface area contributed by atoms with E-state index in [4.69, 9.17) is 4.98 Å². The monoisotopic (exact) mass is 367 g/mol. The molecule has 0 atom stereocenters. The number of aromatic nitrogens is 2. The molecule has 0 fully saturated rings. The van der Waals surface area contributed by atoms with Crippen molar-refractivity contribution in [2.24, 2.45) is 0 Å². The van der Waals surface area contributed by atoms with E-state index in [2.05, 4.69) is 36.3 Å². The Labute approximate surface area is 164 Å². The van der Waals surface area contributed by atoms with Gasteiger partial charge in [0.05, 0.1) is 16.8 Å². The van der Waals surface area contributed by atoms with Crippen LogP contribution in [0.5, 0.6) is 0 Å². The van der Waals surface area contributed by atoms with Gasteiger partial charge in [0.15, 0.2) is 0 Å². The SMILES string of the molecule is Cc1cccc(NC(=O)c2cc(-c3ccc(C)c(C)c3)nc3ccccc23)n1. The Hall–Kier alpha value is -3.53. The quantitative estimate of drug-likeness (QED) is 0.522. The Kier molecular flexibility index (Phi) is 4.62. The van der Waals surface area contributed by atoms with Crippen LogP contribution >= 0.6 is 0 Å². The average molecular weight is 367 g/mol. The first-order valence-corrected chi connectivity index (χ1v) is 9.24. The van der Waals surface area contributed by atoms with E-state index in [0.29, 0.717) is 11.4 Å². The fraction of sp³-hybridized carbons (Fsp3) is 0.125. The Balaban J connectivity index is 1.82. The molecule has 0 aliphatic heterocycles. The minimum absolute atomic E-state index is 0.193. The van der Waals surface area contributed by atoms with Crippen LogP contribution in [0.15, 0.2) is 66.7 Å². The molecular formula is C24H21N3O. The number of hydrogen-bond donors (Lipinski definition) is 1. The van der Waals surface area contributed by atoms with E-state index in [-0.39, 0.29) is 5.91 Å². The molecule has 1 N–H and O–H groups in total. The van der Waals surface area contributed by atoms with Gasteiger partial charge in [-0.1, -0.05) is 36.4 Å². The van der Waals surface area contributed by atoms with Crippen molar-refractivity contribution in [1.29, 1.82) is 0 Å². The van der Waals surface area contributed by atoms with Crippen molar-refractivity contribution in [1.82, 2.24) is 9.97 Å². The van der Waals surface area contributed by atoms with Crippen LogP contribution in [-0.4, -0.2) is 15.9 Å². The summed E-state index contributed by atoms with van der Waals surface area (Å²) in [5, 5.41) is 3.73. The smallest absolute Gasteiger partial charge is 0.257 e. The van der Waals surface area contributed by atoms with E-state index in [1.54, 1.807) is 6.07 Å². The van der Waals surface area contributed by atoms with Crippen LogP contribution in [0, 0.1) is 20.8 Å². The van der Waals surface area contributed by atoms with E-state index < -0.39 is 0 Å².